The maximum atomic E-state index is 5.37. The Morgan fingerprint density at radius 2 is 1.94 bits per heavy atom. The largest absolute Gasteiger partial charge is 0.379 e. The first-order valence-corrected chi connectivity index (χ1v) is 6.85. The van der Waals surface area contributed by atoms with Crippen LogP contribution in [0.4, 0.5) is 0 Å². The molecular weight excluding hydrogens is 224 g/mol. The van der Waals surface area contributed by atoms with Gasteiger partial charge in [-0.2, -0.15) is 0 Å². The molecule has 0 spiro atoms. The molecule has 1 aromatic rings. The predicted octanol–water partition coefficient (Wildman–Crippen LogP) is 2.02. The van der Waals surface area contributed by atoms with Gasteiger partial charge in [0.25, 0.3) is 0 Å². The van der Waals surface area contributed by atoms with Crippen molar-refractivity contribution in [3.8, 4) is 0 Å². The van der Waals surface area contributed by atoms with E-state index in [-0.39, 0.29) is 0 Å². The zero-order chi connectivity index (χ0) is 12.8. The molecule has 3 nitrogen and oxygen atoms in total. The van der Waals surface area contributed by atoms with E-state index in [2.05, 4.69) is 48.3 Å². The van der Waals surface area contributed by atoms with Gasteiger partial charge in [-0.05, 0) is 11.1 Å². The Hall–Kier alpha value is -0.900. The van der Waals surface area contributed by atoms with Crippen molar-refractivity contribution in [1.29, 1.82) is 0 Å². The summed E-state index contributed by atoms with van der Waals surface area (Å²) in [7, 11) is 0. The van der Waals surface area contributed by atoms with E-state index < -0.39 is 0 Å². The van der Waals surface area contributed by atoms with Gasteiger partial charge in [-0.3, -0.25) is 4.90 Å². The molecule has 0 atom stereocenters. The van der Waals surface area contributed by atoms with Crippen LogP contribution in [0.2, 0.25) is 0 Å². The molecule has 1 aliphatic rings. The minimum Gasteiger partial charge on any atom is -0.379 e. The molecule has 0 radical (unpaired) electrons. The summed E-state index contributed by atoms with van der Waals surface area (Å²) in [4.78, 5) is 2.46. The van der Waals surface area contributed by atoms with Crippen LogP contribution >= 0.6 is 0 Å². The monoisotopic (exact) mass is 248 g/mol. The third-order valence-electron chi connectivity index (χ3n) is 3.22. The molecule has 100 valence electrons. The maximum absolute atomic E-state index is 5.37. The summed E-state index contributed by atoms with van der Waals surface area (Å²) in [6.45, 7) is 10.2. The molecule has 1 heterocycles. The average molecular weight is 248 g/mol. The first-order chi connectivity index (χ1) is 8.74. The van der Waals surface area contributed by atoms with E-state index in [0.29, 0.717) is 6.04 Å². The van der Waals surface area contributed by atoms with Gasteiger partial charge >= 0.3 is 0 Å². The van der Waals surface area contributed by atoms with Crippen LogP contribution in [-0.2, 0) is 17.8 Å². The number of ether oxygens (including phenoxy) is 1. The smallest absolute Gasteiger partial charge is 0.0594 e. The van der Waals surface area contributed by atoms with Crippen molar-refractivity contribution >= 4 is 0 Å². The second-order valence-electron chi connectivity index (χ2n) is 5.24. The van der Waals surface area contributed by atoms with Crippen molar-refractivity contribution in [3.05, 3.63) is 35.4 Å². The Labute approximate surface area is 110 Å². The summed E-state index contributed by atoms with van der Waals surface area (Å²) in [5.41, 5.74) is 2.77. The molecular formula is C15H24N2O. The zero-order valence-corrected chi connectivity index (χ0v) is 11.5. The van der Waals surface area contributed by atoms with Crippen LogP contribution in [0.5, 0.6) is 0 Å². The highest BCUT2D eigenvalue weighted by Gasteiger charge is 2.10. The van der Waals surface area contributed by atoms with Crippen molar-refractivity contribution in [2.75, 3.05) is 26.3 Å². The van der Waals surface area contributed by atoms with E-state index >= 15 is 0 Å². The van der Waals surface area contributed by atoms with E-state index in [9.17, 15) is 0 Å². The molecule has 1 aromatic carbocycles. The fraction of sp³-hybridized carbons (Fsp3) is 0.600. The lowest BCUT2D eigenvalue weighted by Crippen LogP contribution is -2.35. The molecule has 1 N–H and O–H groups in total. The number of nitrogens with zero attached hydrogens (tertiary/aromatic N) is 1. The van der Waals surface area contributed by atoms with Gasteiger partial charge in [-0.25, -0.2) is 0 Å². The molecule has 0 aromatic heterocycles. The van der Waals surface area contributed by atoms with E-state index in [1.807, 2.05) is 0 Å². The van der Waals surface area contributed by atoms with Gasteiger partial charge < -0.3 is 10.1 Å². The molecule has 0 amide bonds. The van der Waals surface area contributed by atoms with Crippen molar-refractivity contribution in [2.24, 2.45) is 0 Å². The zero-order valence-electron chi connectivity index (χ0n) is 11.5. The highest BCUT2D eigenvalue weighted by Crippen LogP contribution is 2.10. The number of hydrogen-bond donors (Lipinski definition) is 1. The van der Waals surface area contributed by atoms with Crippen molar-refractivity contribution in [2.45, 2.75) is 33.0 Å². The summed E-state index contributed by atoms with van der Waals surface area (Å²) in [6.07, 6.45) is 0. The fourth-order valence-electron chi connectivity index (χ4n) is 2.18. The quantitative estimate of drug-likeness (QED) is 0.863. The summed E-state index contributed by atoms with van der Waals surface area (Å²) < 4.78 is 5.37. The molecule has 0 bridgehead atoms. The Bertz CT molecular complexity index is 359. The van der Waals surface area contributed by atoms with Crippen LogP contribution in [0, 0.1) is 0 Å². The Morgan fingerprint density at radius 1 is 1.22 bits per heavy atom. The van der Waals surface area contributed by atoms with E-state index in [4.69, 9.17) is 4.74 Å². The maximum Gasteiger partial charge on any atom is 0.0594 e. The van der Waals surface area contributed by atoms with Gasteiger partial charge in [0.15, 0.2) is 0 Å². The molecule has 0 unspecified atom stereocenters. The number of nitrogens with one attached hydrogen (secondary N) is 1. The SMILES string of the molecule is CC(C)NCc1cccc(CN2CCOCC2)c1. The van der Waals surface area contributed by atoms with Crippen LogP contribution < -0.4 is 5.32 Å². The molecule has 0 saturated carbocycles. The standard InChI is InChI=1S/C15H24N2O/c1-13(2)16-11-14-4-3-5-15(10-14)12-17-6-8-18-9-7-17/h3-5,10,13,16H,6-9,11-12H2,1-2H3. The molecule has 1 fully saturated rings. The van der Waals surface area contributed by atoms with Gasteiger partial charge in [0.1, 0.15) is 0 Å². The molecule has 3 heteroatoms. The molecule has 2 rings (SSSR count). The minimum absolute atomic E-state index is 0.535. The first kappa shape index (κ1) is 13.5. The van der Waals surface area contributed by atoms with Crippen molar-refractivity contribution in [3.63, 3.8) is 0 Å². The van der Waals surface area contributed by atoms with Crippen LogP contribution in [-0.4, -0.2) is 37.2 Å². The van der Waals surface area contributed by atoms with Gasteiger partial charge in [-0.15, -0.1) is 0 Å². The number of hydrogen-bond acceptors (Lipinski definition) is 3. The second kappa shape index (κ2) is 6.88. The summed E-state index contributed by atoms with van der Waals surface area (Å²) >= 11 is 0. The predicted molar refractivity (Wildman–Crippen MR) is 74.5 cm³/mol. The Kier molecular flexibility index (Phi) is 5.17. The normalized spacial score (nSPS) is 17.3. The lowest BCUT2D eigenvalue weighted by molar-refractivity contribution is 0.0342. The van der Waals surface area contributed by atoms with Gasteiger partial charge in [0.05, 0.1) is 13.2 Å². The highest BCUT2D eigenvalue weighted by molar-refractivity contribution is 5.23. The van der Waals surface area contributed by atoms with E-state index in [1.54, 1.807) is 0 Å². The van der Waals surface area contributed by atoms with Crippen LogP contribution in [0.1, 0.15) is 25.0 Å². The minimum atomic E-state index is 0.535. The van der Waals surface area contributed by atoms with Crippen molar-refractivity contribution < 1.29 is 4.74 Å². The number of benzene rings is 1. The Morgan fingerprint density at radius 3 is 2.67 bits per heavy atom. The number of rotatable bonds is 5. The first-order valence-electron chi connectivity index (χ1n) is 6.85. The van der Waals surface area contributed by atoms with Crippen LogP contribution in [0.25, 0.3) is 0 Å². The highest BCUT2D eigenvalue weighted by atomic mass is 16.5. The summed E-state index contributed by atoms with van der Waals surface area (Å²) in [6, 6.07) is 9.41. The molecule has 0 aliphatic carbocycles. The van der Waals surface area contributed by atoms with Crippen LogP contribution in [0.3, 0.4) is 0 Å². The third kappa shape index (κ3) is 4.41. The van der Waals surface area contributed by atoms with E-state index in [1.165, 1.54) is 11.1 Å². The summed E-state index contributed by atoms with van der Waals surface area (Å²) in [5.74, 6) is 0. The molecule has 1 saturated heterocycles. The van der Waals surface area contributed by atoms with Gasteiger partial charge in [-0.1, -0.05) is 38.1 Å². The summed E-state index contributed by atoms with van der Waals surface area (Å²) in [5, 5.41) is 3.46. The van der Waals surface area contributed by atoms with E-state index in [0.717, 1.165) is 39.4 Å². The van der Waals surface area contributed by atoms with Crippen molar-refractivity contribution in [1.82, 2.24) is 10.2 Å². The lowest BCUT2D eigenvalue weighted by atomic mass is 10.1. The van der Waals surface area contributed by atoms with Crippen LogP contribution in [0.15, 0.2) is 24.3 Å². The van der Waals surface area contributed by atoms with Gasteiger partial charge in [0.2, 0.25) is 0 Å². The Balaban J connectivity index is 1.89. The van der Waals surface area contributed by atoms with Gasteiger partial charge in [0, 0.05) is 32.2 Å². The average Bonchev–Trinajstić information content (AvgIpc) is 2.38. The molecule has 18 heavy (non-hydrogen) atoms. The number of morpholine rings is 1. The third-order valence-corrected chi connectivity index (χ3v) is 3.22. The second-order valence-corrected chi connectivity index (χ2v) is 5.24. The topological polar surface area (TPSA) is 24.5 Å². The molecule has 1 aliphatic heterocycles. The fourth-order valence-corrected chi connectivity index (χ4v) is 2.18. The lowest BCUT2D eigenvalue weighted by Gasteiger charge is -2.26.